The number of ether oxygens (including phenoxy) is 1. The quantitative estimate of drug-likeness (QED) is 0.405. The normalized spacial score (nSPS) is 16.8. The predicted molar refractivity (Wildman–Crippen MR) is 100 cm³/mol. The number of methoxy groups -OCH3 is 1. The SMILES string of the molecule is C=CCNC(=NCc1nnc(C)n1C)NCC1(CCOC)CCCC1. The van der Waals surface area contributed by atoms with Gasteiger partial charge in [0.05, 0.1) is 0 Å². The minimum Gasteiger partial charge on any atom is -0.385 e. The van der Waals surface area contributed by atoms with Crippen molar-refractivity contribution in [1.29, 1.82) is 0 Å². The molecule has 0 saturated heterocycles. The molecule has 0 radical (unpaired) electrons. The number of guanidine groups is 1. The molecule has 7 heteroatoms. The lowest BCUT2D eigenvalue weighted by molar-refractivity contribution is 0.138. The first kappa shape index (κ1) is 19.4. The van der Waals surface area contributed by atoms with E-state index >= 15 is 0 Å². The Hall–Kier alpha value is -1.89. The van der Waals surface area contributed by atoms with Crippen molar-refractivity contribution in [2.24, 2.45) is 17.5 Å². The van der Waals surface area contributed by atoms with E-state index < -0.39 is 0 Å². The van der Waals surface area contributed by atoms with Crippen molar-refractivity contribution < 1.29 is 4.74 Å². The molecule has 1 heterocycles. The maximum absolute atomic E-state index is 5.32. The molecule has 140 valence electrons. The van der Waals surface area contributed by atoms with Crippen LogP contribution in [0.2, 0.25) is 0 Å². The molecule has 2 N–H and O–H groups in total. The second-order valence-corrected chi connectivity index (χ2v) is 6.86. The van der Waals surface area contributed by atoms with Gasteiger partial charge in [0.15, 0.2) is 11.8 Å². The van der Waals surface area contributed by atoms with E-state index in [1.807, 2.05) is 24.6 Å². The van der Waals surface area contributed by atoms with Crippen LogP contribution in [0.25, 0.3) is 0 Å². The van der Waals surface area contributed by atoms with E-state index in [4.69, 9.17) is 4.74 Å². The molecule has 0 unspecified atom stereocenters. The zero-order chi connectivity index (χ0) is 18.1. The van der Waals surface area contributed by atoms with Crippen LogP contribution in [-0.4, -0.2) is 47.5 Å². The summed E-state index contributed by atoms with van der Waals surface area (Å²) in [5, 5.41) is 15.1. The van der Waals surface area contributed by atoms with Gasteiger partial charge in [-0.3, -0.25) is 0 Å². The molecule has 0 atom stereocenters. The van der Waals surface area contributed by atoms with Crippen LogP contribution in [0.1, 0.15) is 43.8 Å². The first-order chi connectivity index (χ1) is 12.1. The summed E-state index contributed by atoms with van der Waals surface area (Å²) in [5.41, 5.74) is 0.313. The second-order valence-electron chi connectivity index (χ2n) is 6.86. The number of nitrogens with zero attached hydrogens (tertiary/aromatic N) is 4. The van der Waals surface area contributed by atoms with Crippen LogP contribution in [0.5, 0.6) is 0 Å². The highest BCUT2D eigenvalue weighted by atomic mass is 16.5. The van der Waals surface area contributed by atoms with E-state index in [2.05, 4.69) is 32.4 Å². The fourth-order valence-corrected chi connectivity index (χ4v) is 3.31. The van der Waals surface area contributed by atoms with Crippen molar-refractivity contribution >= 4 is 5.96 Å². The highest BCUT2D eigenvalue weighted by molar-refractivity contribution is 5.79. The third-order valence-electron chi connectivity index (χ3n) is 5.11. The summed E-state index contributed by atoms with van der Waals surface area (Å²) in [6, 6.07) is 0. The molecule has 1 aromatic heterocycles. The minimum absolute atomic E-state index is 0.313. The number of aliphatic imine (C=N–C) groups is 1. The van der Waals surface area contributed by atoms with Crippen molar-refractivity contribution in [2.45, 2.75) is 45.6 Å². The van der Waals surface area contributed by atoms with Gasteiger partial charge in [-0.05, 0) is 31.6 Å². The molecule has 2 rings (SSSR count). The standard InChI is InChI=1S/C18H32N6O/c1-5-11-19-17(20-13-16-23-22-15(2)24(16)3)21-14-18(10-12-25-4)8-6-7-9-18/h5H,1,6-14H2,2-4H3,(H2,19,20,21). The van der Waals surface area contributed by atoms with Gasteiger partial charge in [-0.1, -0.05) is 18.9 Å². The third-order valence-corrected chi connectivity index (χ3v) is 5.11. The highest BCUT2D eigenvalue weighted by Gasteiger charge is 2.33. The Kier molecular flexibility index (Phi) is 7.43. The van der Waals surface area contributed by atoms with E-state index in [9.17, 15) is 0 Å². The van der Waals surface area contributed by atoms with Crippen molar-refractivity contribution in [2.75, 3.05) is 26.8 Å². The maximum Gasteiger partial charge on any atom is 0.191 e. The Morgan fingerprint density at radius 3 is 2.72 bits per heavy atom. The maximum atomic E-state index is 5.32. The third kappa shape index (κ3) is 5.56. The summed E-state index contributed by atoms with van der Waals surface area (Å²) in [7, 11) is 3.74. The van der Waals surface area contributed by atoms with Gasteiger partial charge in [0.2, 0.25) is 0 Å². The molecule has 7 nitrogen and oxygen atoms in total. The number of hydrogen-bond donors (Lipinski definition) is 2. The lowest BCUT2D eigenvalue weighted by atomic mass is 9.83. The minimum atomic E-state index is 0.313. The molecule has 1 aliphatic rings. The Morgan fingerprint density at radius 2 is 2.12 bits per heavy atom. The number of rotatable bonds is 9. The van der Waals surface area contributed by atoms with Crippen LogP contribution >= 0.6 is 0 Å². The molecule has 0 bridgehead atoms. The fraction of sp³-hybridized carbons (Fsp3) is 0.722. The zero-order valence-electron chi connectivity index (χ0n) is 15.8. The van der Waals surface area contributed by atoms with E-state index in [1.165, 1.54) is 25.7 Å². The van der Waals surface area contributed by atoms with E-state index in [-0.39, 0.29) is 0 Å². The molecule has 1 aromatic rings. The van der Waals surface area contributed by atoms with Gasteiger partial charge in [0, 0.05) is 33.9 Å². The summed E-state index contributed by atoms with van der Waals surface area (Å²) in [4.78, 5) is 4.67. The van der Waals surface area contributed by atoms with Gasteiger partial charge in [-0.25, -0.2) is 4.99 Å². The van der Waals surface area contributed by atoms with Gasteiger partial charge in [0.25, 0.3) is 0 Å². The second kappa shape index (κ2) is 9.56. The highest BCUT2D eigenvalue weighted by Crippen LogP contribution is 2.40. The summed E-state index contributed by atoms with van der Waals surface area (Å²) in [5.74, 6) is 2.54. The van der Waals surface area contributed by atoms with Gasteiger partial charge < -0.3 is 19.9 Å². The Balaban J connectivity index is 1.99. The monoisotopic (exact) mass is 348 g/mol. The topological polar surface area (TPSA) is 76.4 Å². The molecule has 0 aliphatic heterocycles. The van der Waals surface area contributed by atoms with Crippen molar-refractivity contribution in [3.8, 4) is 0 Å². The summed E-state index contributed by atoms with van der Waals surface area (Å²) in [6.45, 7) is 8.61. The molecule has 25 heavy (non-hydrogen) atoms. The molecular formula is C18H32N6O. The van der Waals surface area contributed by atoms with E-state index in [0.717, 1.165) is 37.2 Å². The van der Waals surface area contributed by atoms with Gasteiger partial charge >= 0.3 is 0 Å². The summed E-state index contributed by atoms with van der Waals surface area (Å²) < 4.78 is 7.28. The van der Waals surface area contributed by atoms with Gasteiger partial charge in [0.1, 0.15) is 12.4 Å². The molecular weight excluding hydrogens is 316 g/mol. The first-order valence-electron chi connectivity index (χ1n) is 9.07. The number of nitrogens with one attached hydrogen (secondary N) is 2. The van der Waals surface area contributed by atoms with Gasteiger partial charge in [-0.2, -0.15) is 0 Å². The van der Waals surface area contributed by atoms with Crippen molar-refractivity contribution in [3.63, 3.8) is 0 Å². The smallest absolute Gasteiger partial charge is 0.191 e. The average molecular weight is 348 g/mol. The molecule has 0 amide bonds. The number of aromatic nitrogens is 3. The Bertz CT molecular complexity index is 574. The molecule has 0 spiro atoms. The Morgan fingerprint density at radius 1 is 1.36 bits per heavy atom. The zero-order valence-corrected chi connectivity index (χ0v) is 15.8. The van der Waals surface area contributed by atoms with Crippen LogP contribution in [0.4, 0.5) is 0 Å². The first-order valence-corrected chi connectivity index (χ1v) is 9.07. The van der Waals surface area contributed by atoms with Crippen LogP contribution in [0.3, 0.4) is 0 Å². The van der Waals surface area contributed by atoms with E-state index in [0.29, 0.717) is 18.5 Å². The van der Waals surface area contributed by atoms with Crippen LogP contribution in [-0.2, 0) is 18.3 Å². The average Bonchev–Trinajstić information content (AvgIpc) is 3.21. The van der Waals surface area contributed by atoms with Gasteiger partial charge in [-0.15, -0.1) is 16.8 Å². The fourth-order valence-electron chi connectivity index (χ4n) is 3.31. The molecule has 1 fully saturated rings. The van der Waals surface area contributed by atoms with Crippen LogP contribution in [0.15, 0.2) is 17.6 Å². The van der Waals surface area contributed by atoms with Crippen LogP contribution < -0.4 is 10.6 Å². The Labute approximate surface area is 151 Å². The molecule has 1 saturated carbocycles. The lowest BCUT2D eigenvalue weighted by Crippen LogP contribution is -2.43. The number of aryl methyl sites for hydroxylation is 1. The van der Waals surface area contributed by atoms with E-state index in [1.54, 1.807) is 7.11 Å². The summed E-state index contributed by atoms with van der Waals surface area (Å²) >= 11 is 0. The number of hydrogen-bond acceptors (Lipinski definition) is 4. The molecule has 1 aliphatic carbocycles. The van der Waals surface area contributed by atoms with Crippen molar-refractivity contribution in [3.05, 3.63) is 24.3 Å². The van der Waals surface area contributed by atoms with Crippen molar-refractivity contribution in [1.82, 2.24) is 25.4 Å². The lowest BCUT2D eigenvalue weighted by Gasteiger charge is -2.30. The predicted octanol–water partition coefficient (Wildman–Crippen LogP) is 1.94. The summed E-state index contributed by atoms with van der Waals surface area (Å²) in [6.07, 6.45) is 8.03. The molecule has 0 aromatic carbocycles. The van der Waals surface area contributed by atoms with Crippen LogP contribution in [0, 0.1) is 12.3 Å². The largest absolute Gasteiger partial charge is 0.385 e.